The van der Waals surface area contributed by atoms with Gasteiger partial charge in [0.15, 0.2) is 0 Å². The maximum absolute atomic E-state index is 12.2. The largest absolute Gasteiger partial charge is 0.477 e. The van der Waals surface area contributed by atoms with Gasteiger partial charge in [-0.2, -0.15) is 5.26 Å². The molecule has 0 atom stereocenters. The van der Waals surface area contributed by atoms with Crippen molar-refractivity contribution in [1.82, 2.24) is 4.98 Å². The van der Waals surface area contributed by atoms with E-state index >= 15 is 0 Å². The first-order valence-electron chi connectivity index (χ1n) is 6.90. The predicted octanol–water partition coefficient (Wildman–Crippen LogP) is 2.80. The molecule has 0 aliphatic rings. The van der Waals surface area contributed by atoms with Crippen molar-refractivity contribution in [2.45, 2.75) is 13.8 Å². The summed E-state index contributed by atoms with van der Waals surface area (Å²) in [7, 11) is 0. The summed E-state index contributed by atoms with van der Waals surface area (Å²) in [6, 6.07) is 9.91. The average Bonchev–Trinajstić information content (AvgIpc) is 2.54. The van der Waals surface area contributed by atoms with Gasteiger partial charge in [0, 0.05) is 5.56 Å². The highest BCUT2D eigenvalue weighted by atomic mass is 16.5. The van der Waals surface area contributed by atoms with E-state index in [4.69, 9.17) is 10.00 Å². The Morgan fingerprint density at radius 1 is 1.35 bits per heavy atom. The standard InChI is InChI=1S/C17H14N2O4/c1-3-23-17(22)15-10(2)19-14(16(20)21)8-13(15)12-6-4-5-11(7-12)9-18/h4-8H,3H2,1-2H3,(H,20,21). The van der Waals surface area contributed by atoms with Crippen LogP contribution in [-0.2, 0) is 4.74 Å². The molecule has 0 aliphatic heterocycles. The van der Waals surface area contributed by atoms with Crippen molar-refractivity contribution in [3.63, 3.8) is 0 Å². The van der Waals surface area contributed by atoms with Gasteiger partial charge in [-0.25, -0.2) is 14.6 Å². The molecule has 116 valence electrons. The molecule has 1 aromatic carbocycles. The first-order chi connectivity index (χ1) is 11.0. The van der Waals surface area contributed by atoms with Crippen LogP contribution in [-0.4, -0.2) is 28.6 Å². The van der Waals surface area contributed by atoms with Gasteiger partial charge in [-0.3, -0.25) is 0 Å². The average molecular weight is 310 g/mol. The van der Waals surface area contributed by atoms with Crippen molar-refractivity contribution < 1.29 is 19.4 Å². The molecule has 23 heavy (non-hydrogen) atoms. The van der Waals surface area contributed by atoms with E-state index in [1.807, 2.05) is 6.07 Å². The van der Waals surface area contributed by atoms with Crippen LogP contribution in [0.1, 0.15) is 39.0 Å². The quantitative estimate of drug-likeness (QED) is 0.871. The highest BCUT2D eigenvalue weighted by Crippen LogP contribution is 2.28. The topological polar surface area (TPSA) is 100 Å². The molecule has 1 aromatic heterocycles. The van der Waals surface area contributed by atoms with Crippen molar-refractivity contribution in [1.29, 1.82) is 5.26 Å². The molecule has 2 aromatic rings. The van der Waals surface area contributed by atoms with Crippen molar-refractivity contribution in [3.05, 3.63) is 52.8 Å². The lowest BCUT2D eigenvalue weighted by Gasteiger charge is -2.13. The number of hydrogen-bond acceptors (Lipinski definition) is 5. The number of hydrogen-bond donors (Lipinski definition) is 1. The van der Waals surface area contributed by atoms with Crippen LogP contribution >= 0.6 is 0 Å². The Hall–Kier alpha value is -3.20. The van der Waals surface area contributed by atoms with E-state index in [-0.39, 0.29) is 23.6 Å². The minimum absolute atomic E-state index is 0.173. The normalized spacial score (nSPS) is 9.96. The summed E-state index contributed by atoms with van der Waals surface area (Å²) in [6.45, 7) is 3.43. The molecule has 0 radical (unpaired) electrons. The Morgan fingerprint density at radius 2 is 2.09 bits per heavy atom. The molecular formula is C17H14N2O4. The van der Waals surface area contributed by atoms with Crippen LogP contribution in [0.15, 0.2) is 30.3 Å². The smallest absolute Gasteiger partial charge is 0.354 e. The Bertz CT molecular complexity index is 822. The van der Waals surface area contributed by atoms with Crippen LogP contribution in [0.3, 0.4) is 0 Å². The van der Waals surface area contributed by atoms with Gasteiger partial charge in [0.05, 0.1) is 29.5 Å². The fraction of sp³-hybridized carbons (Fsp3) is 0.176. The molecule has 0 aliphatic carbocycles. The monoisotopic (exact) mass is 310 g/mol. The third kappa shape index (κ3) is 3.35. The summed E-state index contributed by atoms with van der Waals surface area (Å²) in [5.41, 5.74) is 1.63. The molecule has 0 fully saturated rings. The number of carbonyl (C=O) groups excluding carboxylic acids is 1. The maximum atomic E-state index is 12.2. The molecule has 6 heteroatoms. The molecule has 2 rings (SSSR count). The second-order valence-electron chi connectivity index (χ2n) is 4.73. The molecule has 0 spiro atoms. The first kappa shape index (κ1) is 16.2. The summed E-state index contributed by atoms with van der Waals surface area (Å²) < 4.78 is 5.04. The number of nitrogens with zero attached hydrogens (tertiary/aromatic N) is 2. The Morgan fingerprint density at radius 3 is 2.70 bits per heavy atom. The number of nitriles is 1. The van der Waals surface area contributed by atoms with Gasteiger partial charge in [-0.05, 0) is 37.6 Å². The summed E-state index contributed by atoms with van der Waals surface area (Å²) >= 11 is 0. The number of aromatic nitrogens is 1. The first-order valence-corrected chi connectivity index (χ1v) is 6.90. The van der Waals surface area contributed by atoms with E-state index in [1.165, 1.54) is 6.07 Å². The predicted molar refractivity (Wildman–Crippen MR) is 82.0 cm³/mol. The summed E-state index contributed by atoms with van der Waals surface area (Å²) in [6.07, 6.45) is 0. The van der Waals surface area contributed by atoms with Gasteiger partial charge in [-0.15, -0.1) is 0 Å². The van der Waals surface area contributed by atoms with E-state index < -0.39 is 11.9 Å². The zero-order valence-electron chi connectivity index (χ0n) is 12.7. The van der Waals surface area contributed by atoms with Crippen LogP contribution < -0.4 is 0 Å². The Labute approximate surface area is 133 Å². The summed E-state index contributed by atoms with van der Waals surface area (Å²) in [4.78, 5) is 27.4. The molecular weight excluding hydrogens is 296 g/mol. The van der Waals surface area contributed by atoms with E-state index in [2.05, 4.69) is 4.98 Å². The molecule has 0 saturated heterocycles. The van der Waals surface area contributed by atoms with Gasteiger partial charge in [-0.1, -0.05) is 12.1 Å². The number of benzene rings is 1. The molecule has 0 bridgehead atoms. The van der Waals surface area contributed by atoms with Crippen LogP contribution in [0.5, 0.6) is 0 Å². The summed E-state index contributed by atoms with van der Waals surface area (Å²) in [5, 5.41) is 18.2. The molecule has 1 N–H and O–H groups in total. The molecule has 1 heterocycles. The van der Waals surface area contributed by atoms with E-state index in [0.717, 1.165) is 0 Å². The third-order valence-electron chi connectivity index (χ3n) is 3.20. The van der Waals surface area contributed by atoms with Gasteiger partial charge in [0.2, 0.25) is 0 Å². The van der Waals surface area contributed by atoms with Gasteiger partial charge >= 0.3 is 11.9 Å². The summed E-state index contributed by atoms with van der Waals surface area (Å²) in [5.74, 6) is -1.77. The van der Waals surface area contributed by atoms with Crippen LogP contribution in [0.2, 0.25) is 0 Å². The van der Waals surface area contributed by atoms with Crippen LogP contribution in [0.4, 0.5) is 0 Å². The molecule has 0 unspecified atom stereocenters. The maximum Gasteiger partial charge on any atom is 0.354 e. The van der Waals surface area contributed by atoms with Gasteiger partial charge in [0.25, 0.3) is 0 Å². The Balaban J connectivity index is 2.74. The number of carboxylic acid groups (broad SMARTS) is 1. The number of aromatic carboxylic acids is 1. The van der Waals surface area contributed by atoms with Crippen molar-refractivity contribution >= 4 is 11.9 Å². The molecule has 6 nitrogen and oxygen atoms in total. The number of ether oxygens (including phenoxy) is 1. The molecule has 0 saturated carbocycles. The third-order valence-corrected chi connectivity index (χ3v) is 3.20. The number of esters is 1. The lowest BCUT2D eigenvalue weighted by atomic mass is 9.97. The number of carbonyl (C=O) groups is 2. The number of carboxylic acids is 1. The van der Waals surface area contributed by atoms with Gasteiger partial charge < -0.3 is 9.84 Å². The lowest BCUT2D eigenvalue weighted by Crippen LogP contribution is -2.13. The zero-order chi connectivity index (χ0) is 17.0. The fourth-order valence-corrected chi connectivity index (χ4v) is 2.23. The lowest BCUT2D eigenvalue weighted by molar-refractivity contribution is 0.0524. The van der Waals surface area contributed by atoms with Crippen LogP contribution in [0, 0.1) is 18.3 Å². The number of aryl methyl sites for hydroxylation is 1. The molecule has 0 amide bonds. The van der Waals surface area contributed by atoms with Crippen molar-refractivity contribution in [2.75, 3.05) is 6.61 Å². The van der Waals surface area contributed by atoms with E-state index in [1.54, 1.807) is 38.1 Å². The SMILES string of the molecule is CCOC(=O)c1c(-c2cccc(C#N)c2)cc(C(=O)O)nc1C. The Kier molecular flexibility index (Phi) is 4.72. The van der Waals surface area contributed by atoms with E-state index in [0.29, 0.717) is 16.7 Å². The second-order valence-corrected chi connectivity index (χ2v) is 4.73. The fourth-order valence-electron chi connectivity index (χ4n) is 2.23. The van der Waals surface area contributed by atoms with Crippen LogP contribution in [0.25, 0.3) is 11.1 Å². The van der Waals surface area contributed by atoms with E-state index in [9.17, 15) is 14.7 Å². The zero-order valence-corrected chi connectivity index (χ0v) is 12.7. The number of pyridine rings is 1. The van der Waals surface area contributed by atoms with Crippen molar-refractivity contribution in [3.8, 4) is 17.2 Å². The number of rotatable bonds is 4. The minimum Gasteiger partial charge on any atom is -0.477 e. The minimum atomic E-state index is -1.19. The highest BCUT2D eigenvalue weighted by molar-refractivity contribution is 6.00. The highest BCUT2D eigenvalue weighted by Gasteiger charge is 2.21. The van der Waals surface area contributed by atoms with Crippen molar-refractivity contribution in [2.24, 2.45) is 0 Å². The van der Waals surface area contributed by atoms with Gasteiger partial charge in [0.1, 0.15) is 5.69 Å². The second kappa shape index (κ2) is 6.71.